The van der Waals surface area contributed by atoms with Crippen molar-refractivity contribution in [3.63, 3.8) is 0 Å². The Morgan fingerprint density at radius 2 is 1.73 bits per heavy atom. The molecule has 0 spiro atoms. The van der Waals surface area contributed by atoms with E-state index < -0.39 is 11.8 Å². The minimum absolute atomic E-state index is 0.631. The number of carbonyl (C=O) groups is 2. The quantitative estimate of drug-likeness (QED) is 0.673. The number of anilines is 1. The van der Waals surface area contributed by atoms with Crippen molar-refractivity contribution < 1.29 is 9.59 Å². The highest BCUT2D eigenvalue weighted by molar-refractivity contribution is 6.39. The summed E-state index contributed by atoms with van der Waals surface area (Å²) in [6.07, 6.45) is 0. The van der Waals surface area contributed by atoms with E-state index in [-0.39, 0.29) is 0 Å². The molecular weight excluding hydrogens is 192 g/mol. The molecule has 0 heterocycles. The second kappa shape index (κ2) is 4.59. The van der Waals surface area contributed by atoms with Gasteiger partial charge in [-0.15, -0.1) is 0 Å². The second-order valence-corrected chi connectivity index (χ2v) is 3.33. The van der Waals surface area contributed by atoms with Crippen LogP contribution in [0.15, 0.2) is 18.2 Å². The summed E-state index contributed by atoms with van der Waals surface area (Å²) in [4.78, 5) is 22.2. The van der Waals surface area contributed by atoms with Crippen LogP contribution < -0.4 is 10.6 Å². The summed E-state index contributed by atoms with van der Waals surface area (Å²) >= 11 is 0. The highest BCUT2D eigenvalue weighted by Crippen LogP contribution is 2.13. The van der Waals surface area contributed by atoms with E-state index in [9.17, 15) is 9.59 Å². The number of likely N-dealkylation sites (N-methyl/N-ethyl adjacent to an activating group) is 1. The predicted octanol–water partition coefficient (Wildman–Crippen LogP) is 0.988. The van der Waals surface area contributed by atoms with E-state index in [1.807, 2.05) is 26.0 Å². The van der Waals surface area contributed by atoms with Crippen molar-refractivity contribution >= 4 is 17.5 Å². The molecule has 0 aliphatic heterocycles. The highest BCUT2D eigenvalue weighted by atomic mass is 16.2. The lowest BCUT2D eigenvalue weighted by Gasteiger charge is -2.06. The van der Waals surface area contributed by atoms with E-state index in [4.69, 9.17) is 0 Å². The molecule has 0 aliphatic rings. The van der Waals surface area contributed by atoms with Crippen LogP contribution in [0.25, 0.3) is 0 Å². The zero-order chi connectivity index (χ0) is 11.4. The Hall–Kier alpha value is -1.84. The summed E-state index contributed by atoms with van der Waals surface area (Å²) in [7, 11) is 1.42. The Balaban J connectivity index is 2.77. The zero-order valence-corrected chi connectivity index (χ0v) is 9.05. The highest BCUT2D eigenvalue weighted by Gasteiger charge is 2.10. The van der Waals surface area contributed by atoms with Gasteiger partial charge < -0.3 is 10.6 Å². The van der Waals surface area contributed by atoms with Crippen LogP contribution in [-0.4, -0.2) is 18.9 Å². The lowest BCUT2D eigenvalue weighted by Crippen LogP contribution is -2.32. The van der Waals surface area contributed by atoms with E-state index >= 15 is 0 Å². The molecule has 1 rings (SSSR count). The van der Waals surface area contributed by atoms with Crippen LogP contribution in [0.1, 0.15) is 11.1 Å². The molecule has 15 heavy (non-hydrogen) atoms. The summed E-state index contributed by atoms with van der Waals surface area (Å²) in [5, 5.41) is 4.77. The van der Waals surface area contributed by atoms with E-state index in [1.165, 1.54) is 7.05 Å². The molecule has 2 amide bonds. The van der Waals surface area contributed by atoms with Crippen LogP contribution in [0.4, 0.5) is 5.69 Å². The van der Waals surface area contributed by atoms with Gasteiger partial charge in [-0.05, 0) is 37.1 Å². The van der Waals surface area contributed by atoms with Crippen LogP contribution in [0, 0.1) is 13.8 Å². The SMILES string of the molecule is CNC(=O)C(=O)Nc1ccc(C)c(C)c1. The maximum Gasteiger partial charge on any atom is 0.313 e. The molecule has 1 aromatic rings. The predicted molar refractivity (Wildman–Crippen MR) is 58.6 cm³/mol. The van der Waals surface area contributed by atoms with E-state index in [1.54, 1.807) is 6.07 Å². The molecular formula is C11H14N2O2. The van der Waals surface area contributed by atoms with Crippen LogP contribution in [0.2, 0.25) is 0 Å². The van der Waals surface area contributed by atoms with Crippen molar-refractivity contribution in [3.05, 3.63) is 29.3 Å². The van der Waals surface area contributed by atoms with E-state index in [0.717, 1.165) is 11.1 Å². The Kier molecular flexibility index (Phi) is 3.44. The Labute approximate surface area is 88.7 Å². The van der Waals surface area contributed by atoms with Crippen LogP contribution >= 0.6 is 0 Å². The summed E-state index contributed by atoms with van der Waals surface area (Å²) in [6, 6.07) is 5.49. The average Bonchev–Trinajstić information content (AvgIpc) is 2.22. The topological polar surface area (TPSA) is 58.2 Å². The lowest BCUT2D eigenvalue weighted by molar-refractivity contribution is -0.135. The summed E-state index contributed by atoms with van der Waals surface area (Å²) < 4.78 is 0. The van der Waals surface area contributed by atoms with Crippen molar-refractivity contribution in [2.45, 2.75) is 13.8 Å². The molecule has 4 heteroatoms. The number of nitrogens with one attached hydrogen (secondary N) is 2. The third-order valence-corrected chi connectivity index (χ3v) is 2.20. The smallest absolute Gasteiger partial charge is 0.313 e. The zero-order valence-electron chi connectivity index (χ0n) is 9.05. The lowest BCUT2D eigenvalue weighted by atomic mass is 10.1. The molecule has 80 valence electrons. The minimum Gasteiger partial charge on any atom is -0.351 e. The van der Waals surface area contributed by atoms with Crippen molar-refractivity contribution in [1.82, 2.24) is 5.32 Å². The average molecular weight is 206 g/mol. The molecule has 0 fully saturated rings. The van der Waals surface area contributed by atoms with Gasteiger partial charge in [0.25, 0.3) is 0 Å². The third kappa shape index (κ3) is 2.80. The van der Waals surface area contributed by atoms with E-state index in [0.29, 0.717) is 5.69 Å². The maximum atomic E-state index is 11.2. The number of benzene rings is 1. The van der Waals surface area contributed by atoms with Gasteiger partial charge in [0.05, 0.1) is 0 Å². The third-order valence-electron chi connectivity index (χ3n) is 2.20. The Morgan fingerprint density at radius 3 is 2.27 bits per heavy atom. The molecule has 0 aliphatic carbocycles. The molecule has 0 saturated heterocycles. The fourth-order valence-corrected chi connectivity index (χ4v) is 1.12. The van der Waals surface area contributed by atoms with Gasteiger partial charge in [0, 0.05) is 12.7 Å². The molecule has 0 unspecified atom stereocenters. The van der Waals surface area contributed by atoms with Crippen LogP contribution in [0.3, 0.4) is 0 Å². The monoisotopic (exact) mass is 206 g/mol. The van der Waals surface area contributed by atoms with Crippen molar-refractivity contribution in [1.29, 1.82) is 0 Å². The standard InChI is InChI=1S/C11H14N2O2/c1-7-4-5-9(6-8(7)2)13-11(15)10(14)12-3/h4-6H,1-3H3,(H,12,14)(H,13,15). The normalized spacial score (nSPS) is 9.53. The molecule has 0 aromatic heterocycles. The Morgan fingerprint density at radius 1 is 1.07 bits per heavy atom. The molecule has 0 bridgehead atoms. The van der Waals surface area contributed by atoms with Gasteiger partial charge in [-0.1, -0.05) is 6.07 Å². The number of rotatable bonds is 1. The number of hydrogen-bond donors (Lipinski definition) is 2. The van der Waals surface area contributed by atoms with Crippen LogP contribution in [-0.2, 0) is 9.59 Å². The minimum atomic E-state index is -0.652. The summed E-state index contributed by atoms with van der Waals surface area (Å²) in [6.45, 7) is 3.94. The number of hydrogen-bond acceptors (Lipinski definition) is 2. The van der Waals surface area contributed by atoms with E-state index in [2.05, 4.69) is 10.6 Å². The van der Waals surface area contributed by atoms with Gasteiger partial charge in [0.2, 0.25) is 0 Å². The largest absolute Gasteiger partial charge is 0.351 e. The molecule has 1 aromatic carbocycles. The van der Waals surface area contributed by atoms with Gasteiger partial charge in [0.15, 0.2) is 0 Å². The number of amides is 2. The number of aryl methyl sites for hydroxylation is 2. The first-order chi connectivity index (χ1) is 7.04. The van der Waals surface area contributed by atoms with Gasteiger partial charge in [-0.25, -0.2) is 0 Å². The van der Waals surface area contributed by atoms with Gasteiger partial charge in [-0.2, -0.15) is 0 Å². The van der Waals surface area contributed by atoms with Gasteiger partial charge in [-0.3, -0.25) is 9.59 Å². The van der Waals surface area contributed by atoms with Gasteiger partial charge in [0.1, 0.15) is 0 Å². The first kappa shape index (κ1) is 11.2. The molecule has 4 nitrogen and oxygen atoms in total. The van der Waals surface area contributed by atoms with Crippen molar-refractivity contribution in [3.8, 4) is 0 Å². The number of carbonyl (C=O) groups excluding carboxylic acids is 2. The maximum absolute atomic E-state index is 11.2. The first-order valence-corrected chi connectivity index (χ1v) is 4.65. The molecule has 2 N–H and O–H groups in total. The molecule has 0 atom stereocenters. The summed E-state index contributed by atoms with van der Waals surface area (Å²) in [5.41, 5.74) is 2.85. The summed E-state index contributed by atoms with van der Waals surface area (Å²) in [5.74, 6) is -1.30. The van der Waals surface area contributed by atoms with Gasteiger partial charge >= 0.3 is 11.8 Å². The second-order valence-electron chi connectivity index (χ2n) is 3.33. The fourth-order valence-electron chi connectivity index (χ4n) is 1.12. The van der Waals surface area contributed by atoms with Crippen molar-refractivity contribution in [2.24, 2.45) is 0 Å². The molecule has 0 radical (unpaired) electrons. The van der Waals surface area contributed by atoms with Crippen LogP contribution in [0.5, 0.6) is 0 Å². The Bertz CT molecular complexity index is 400. The van der Waals surface area contributed by atoms with Crippen molar-refractivity contribution in [2.75, 3.05) is 12.4 Å². The molecule has 0 saturated carbocycles. The fraction of sp³-hybridized carbons (Fsp3) is 0.273. The first-order valence-electron chi connectivity index (χ1n) is 4.65.